The van der Waals surface area contributed by atoms with Gasteiger partial charge in [-0.15, -0.1) is 0 Å². The Bertz CT molecular complexity index is 828. The molecule has 114 valence electrons. The lowest BCUT2D eigenvalue weighted by Gasteiger charge is -2.08. The number of fused-ring (bicyclic) bond motifs is 1. The predicted molar refractivity (Wildman–Crippen MR) is 79.4 cm³/mol. The predicted octanol–water partition coefficient (Wildman–Crippen LogP) is 2.85. The zero-order valence-corrected chi connectivity index (χ0v) is 12.4. The van der Waals surface area contributed by atoms with E-state index >= 15 is 0 Å². The Morgan fingerprint density at radius 3 is 2.36 bits per heavy atom. The van der Waals surface area contributed by atoms with Crippen LogP contribution in [0.1, 0.15) is 17.5 Å². The normalized spacial score (nSPS) is 13.6. The van der Waals surface area contributed by atoms with E-state index in [4.69, 9.17) is 4.18 Å². The number of non-ortho nitro benzene ring substituents is 1. The second-order valence-electron chi connectivity index (χ2n) is 5.07. The summed E-state index contributed by atoms with van der Waals surface area (Å²) in [5.41, 5.74) is 2.09. The summed E-state index contributed by atoms with van der Waals surface area (Å²) in [6.45, 7) is 0. The fraction of sp³-hybridized carbons (Fsp3) is 0.200. The quantitative estimate of drug-likeness (QED) is 0.491. The number of nitrogens with zero attached hydrogens (tertiary/aromatic N) is 1. The van der Waals surface area contributed by atoms with E-state index in [2.05, 4.69) is 0 Å². The van der Waals surface area contributed by atoms with Crippen molar-refractivity contribution in [1.29, 1.82) is 0 Å². The Morgan fingerprint density at radius 1 is 1.00 bits per heavy atom. The van der Waals surface area contributed by atoms with Crippen LogP contribution in [0.25, 0.3) is 0 Å². The second-order valence-corrected chi connectivity index (χ2v) is 6.62. The first-order valence-corrected chi connectivity index (χ1v) is 8.17. The van der Waals surface area contributed by atoms with Gasteiger partial charge >= 0.3 is 10.1 Å². The summed E-state index contributed by atoms with van der Waals surface area (Å²) in [5, 5.41) is 10.6. The molecule has 0 unspecified atom stereocenters. The van der Waals surface area contributed by atoms with E-state index in [-0.39, 0.29) is 16.3 Å². The maximum atomic E-state index is 12.3. The first kappa shape index (κ1) is 14.5. The zero-order valence-electron chi connectivity index (χ0n) is 11.6. The third kappa shape index (κ3) is 2.80. The molecule has 0 spiro atoms. The minimum absolute atomic E-state index is 0.0473. The van der Waals surface area contributed by atoms with Crippen molar-refractivity contribution < 1.29 is 17.5 Å². The molecule has 0 saturated heterocycles. The summed E-state index contributed by atoms with van der Waals surface area (Å²) >= 11 is 0. The van der Waals surface area contributed by atoms with Crippen molar-refractivity contribution in [2.75, 3.05) is 0 Å². The molecule has 0 radical (unpaired) electrons. The van der Waals surface area contributed by atoms with E-state index in [0.717, 1.165) is 24.8 Å². The molecule has 2 aromatic carbocycles. The van der Waals surface area contributed by atoms with Crippen LogP contribution in [0, 0.1) is 10.1 Å². The number of rotatable bonds is 4. The lowest BCUT2D eigenvalue weighted by atomic mass is 10.1. The van der Waals surface area contributed by atoms with Crippen molar-refractivity contribution in [2.45, 2.75) is 24.2 Å². The molecule has 1 aliphatic carbocycles. The highest BCUT2D eigenvalue weighted by Gasteiger charge is 2.20. The van der Waals surface area contributed by atoms with Crippen LogP contribution >= 0.6 is 0 Å². The SMILES string of the molecule is O=[N+]([O-])c1ccc(OS(=O)(=O)c2ccc3c(c2)CCC3)cc1. The van der Waals surface area contributed by atoms with Gasteiger partial charge in [0.25, 0.3) is 5.69 Å². The lowest BCUT2D eigenvalue weighted by molar-refractivity contribution is -0.384. The van der Waals surface area contributed by atoms with Crippen LogP contribution in [-0.2, 0) is 23.0 Å². The molecule has 1 aliphatic rings. The summed E-state index contributed by atoms with van der Waals surface area (Å²) in [7, 11) is -3.94. The van der Waals surface area contributed by atoms with E-state index in [9.17, 15) is 18.5 Å². The zero-order chi connectivity index (χ0) is 15.7. The van der Waals surface area contributed by atoms with Crippen LogP contribution < -0.4 is 4.18 Å². The van der Waals surface area contributed by atoms with E-state index in [1.165, 1.54) is 35.9 Å². The van der Waals surface area contributed by atoms with E-state index in [1.54, 1.807) is 6.07 Å². The van der Waals surface area contributed by atoms with E-state index in [0.29, 0.717) is 0 Å². The van der Waals surface area contributed by atoms with Gasteiger partial charge in [0.1, 0.15) is 10.6 Å². The number of aryl methyl sites for hydroxylation is 2. The molecule has 0 saturated carbocycles. The van der Waals surface area contributed by atoms with Crippen LogP contribution in [0.2, 0.25) is 0 Å². The van der Waals surface area contributed by atoms with Crippen molar-refractivity contribution >= 4 is 15.8 Å². The first-order chi connectivity index (χ1) is 10.5. The van der Waals surface area contributed by atoms with Gasteiger partial charge in [0.15, 0.2) is 0 Å². The topological polar surface area (TPSA) is 86.5 Å². The molecule has 3 rings (SSSR count). The molecule has 0 atom stereocenters. The largest absolute Gasteiger partial charge is 0.379 e. The van der Waals surface area contributed by atoms with Crippen molar-refractivity contribution in [1.82, 2.24) is 0 Å². The summed E-state index contributed by atoms with van der Waals surface area (Å²) in [4.78, 5) is 10.1. The minimum Gasteiger partial charge on any atom is -0.379 e. The van der Waals surface area contributed by atoms with Gasteiger partial charge in [-0.2, -0.15) is 8.42 Å². The summed E-state index contributed by atoms with van der Waals surface area (Å²) in [5.74, 6) is 0.0473. The number of nitro benzene ring substituents is 1. The number of hydrogen-bond acceptors (Lipinski definition) is 5. The fourth-order valence-corrected chi connectivity index (χ4v) is 3.48. The van der Waals surface area contributed by atoms with Crippen molar-refractivity contribution in [3.05, 3.63) is 63.7 Å². The van der Waals surface area contributed by atoms with Crippen LogP contribution in [0.4, 0.5) is 5.69 Å². The highest BCUT2D eigenvalue weighted by molar-refractivity contribution is 7.87. The number of benzene rings is 2. The minimum atomic E-state index is -3.94. The molecule has 0 N–H and O–H groups in total. The Kier molecular flexibility index (Phi) is 3.58. The molecule has 6 nitrogen and oxygen atoms in total. The van der Waals surface area contributed by atoms with Gasteiger partial charge in [-0.05, 0) is 54.7 Å². The Morgan fingerprint density at radius 2 is 1.68 bits per heavy atom. The molecular weight excluding hydrogens is 306 g/mol. The maximum absolute atomic E-state index is 12.3. The highest BCUT2D eigenvalue weighted by atomic mass is 32.2. The van der Waals surface area contributed by atoms with Crippen LogP contribution in [0.5, 0.6) is 5.75 Å². The van der Waals surface area contributed by atoms with Gasteiger partial charge in [0, 0.05) is 12.1 Å². The molecule has 0 aromatic heterocycles. The monoisotopic (exact) mass is 319 g/mol. The van der Waals surface area contributed by atoms with Crippen LogP contribution in [0.3, 0.4) is 0 Å². The summed E-state index contributed by atoms with van der Waals surface area (Å²) in [6, 6.07) is 9.93. The summed E-state index contributed by atoms with van der Waals surface area (Å²) < 4.78 is 29.6. The summed E-state index contributed by atoms with van der Waals surface area (Å²) in [6.07, 6.45) is 2.87. The van der Waals surface area contributed by atoms with Crippen molar-refractivity contribution in [3.8, 4) is 5.75 Å². The second kappa shape index (κ2) is 5.42. The third-order valence-corrected chi connectivity index (χ3v) is 4.86. The molecule has 0 heterocycles. The average Bonchev–Trinajstić information content (AvgIpc) is 2.94. The van der Waals surface area contributed by atoms with Gasteiger partial charge < -0.3 is 4.18 Å². The third-order valence-electron chi connectivity index (χ3n) is 3.61. The molecule has 0 aliphatic heterocycles. The first-order valence-electron chi connectivity index (χ1n) is 6.76. The molecule has 0 amide bonds. The fourth-order valence-electron chi connectivity index (χ4n) is 2.50. The molecule has 2 aromatic rings. The van der Waals surface area contributed by atoms with E-state index < -0.39 is 15.0 Å². The van der Waals surface area contributed by atoms with Crippen LogP contribution in [0.15, 0.2) is 47.4 Å². The number of hydrogen-bond donors (Lipinski definition) is 0. The standard InChI is InChI=1S/C15H13NO5S/c17-16(18)13-5-7-14(8-6-13)21-22(19,20)15-9-4-11-2-1-3-12(11)10-15/h4-10H,1-3H2. The Labute approximate surface area is 127 Å². The lowest BCUT2D eigenvalue weighted by Crippen LogP contribution is -2.10. The Hall–Kier alpha value is -2.41. The average molecular weight is 319 g/mol. The van der Waals surface area contributed by atoms with E-state index in [1.807, 2.05) is 6.07 Å². The molecule has 0 bridgehead atoms. The highest BCUT2D eigenvalue weighted by Crippen LogP contribution is 2.27. The molecular formula is C15H13NO5S. The molecule has 22 heavy (non-hydrogen) atoms. The van der Waals surface area contributed by atoms with Gasteiger partial charge in [-0.3, -0.25) is 10.1 Å². The Balaban J connectivity index is 1.85. The van der Waals surface area contributed by atoms with Crippen molar-refractivity contribution in [3.63, 3.8) is 0 Å². The maximum Gasteiger partial charge on any atom is 0.339 e. The van der Waals surface area contributed by atoms with Crippen LogP contribution in [-0.4, -0.2) is 13.3 Å². The van der Waals surface area contributed by atoms with Crippen molar-refractivity contribution in [2.24, 2.45) is 0 Å². The van der Waals surface area contributed by atoms with Gasteiger partial charge in [0.05, 0.1) is 4.92 Å². The molecule has 7 heteroatoms. The number of nitro groups is 1. The molecule has 0 fully saturated rings. The van der Waals surface area contributed by atoms with Gasteiger partial charge in [-0.1, -0.05) is 6.07 Å². The van der Waals surface area contributed by atoms with Gasteiger partial charge in [0.2, 0.25) is 0 Å². The smallest absolute Gasteiger partial charge is 0.339 e. The van der Waals surface area contributed by atoms with Gasteiger partial charge in [-0.25, -0.2) is 0 Å².